The highest BCUT2D eigenvalue weighted by Gasteiger charge is 2.33. The van der Waals surface area contributed by atoms with E-state index in [0.29, 0.717) is 0 Å². The predicted octanol–water partition coefficient (Wildman–Crippen LogP) is 2.09. The molecule has 1 rings (SSSR count). The molecule has 1 unspecified atom stereocenters. The third-order valence-electron chi connectivity index (χ3n) is 3.42. The maximum Gasteiger partial charge on any atom is 0.0613 e. The molecule has 0 aromatic heterocycles. The maximum atomic E-state index is 9.48. The lowest BCUT2D eigenvalue weighted by molar-refractivity contribution is 0.101. The Kier molecular flexibility index (Phi) is 4.14. The van der Waals surface area contributed by atoms with Gasteiger partial charge in [0, 0.05) is 11.6 Å². The Hall–Kier alpha value is -0.340. The van der Waals surface area contributed by atoms with Gasteiger partial charge in [0.05, 0.1) is 6.61 Å². The molecule has 0 spiro atoms. The molecule has 1 saturated carbocycles. The van der Waals surface area contributed by atoms with Gasteiger partial charge in [0.15, 0.2) is 0 Å². The minimum Gasteiger partial charge on any atom is -0.394 e. The lowest BCUT2D eigenvalue weighted by Crippen LogP contribution is -2.53. The van der Waals surface area contributed by atoms with Gasteiger partial charge in [0.1, 0.15) is 0 Å². The van der Waals surface area contributed by atoms with E-state index in [1.807, 2.05) is 6.08 Å². The third-order valence-corrected chi connectivity index (χ3v) is 3.42. The van der Waals surface area contributed by atoms with E-state index in [0.717, 1.165) is 18.8 Å². The van der Waals surface area contributed by atoms with Gasteiger partial charge in [-0.2, -0.15) is 0 Å². The molecule has 0 aliphatic heterocycles. The third kappa shape index (κ3) is 2.82. The molecule has 82 valence electrons. The maximum absolute atomic E-state index is 9.48. The lowest BCUT2D eigenvalue weighted by atomic mass is 9.77. The monoisotopic (exact) mass is 197 g/mol. The highest BCUT2D eigenvalue weighted by Crippen LogP contribution is 2.31. The Morgan fingerprint density at radius 3 is 2.57 bits per heavy atom. The highest BCUT2D eigenvalue weighted by atomic mass is 16.3. The van der Waals surface area contributed by atoms with Crippen LogP contribution in [-0.2, 0) is 0 Å². The fraction of sp³-hybridized carbons (Fsp3) is 0.833. The van der Waals surface area contributed by atoms with Gasteiger partial charge in [0.2, 0.25) is 0 Å². The molecule has 2 heteroatoms. The molecule has 0 amide bonds. The standard InChI is InChI=1S/C12H23NO/c1-4-11(3)13-12(9-14)7-5-10(2)6-8-12/h4,10-11,13-14H,1,5-9H2,2-3H3. The molecule has 0 saturated heterocycles. The molecule has 0 radical (unpaired) electrons. The second-order valence-corrected chi connectivity index (χ2v) is 4.79. The van der Waals surface area contributed by atoms with Crippen LogP contribution in [0.4, 0.5) is 0 Å². The van der Waals surface area contributed by atoms with Crippen molar-refractivity contribution in [1.82, 2.24) is 5.32 Å². The largest absolute Gasteiger partial charge is 0.394 e. The van der Waals surface area contributed by atoms with Crippen molar-refractivity contribution in [3.8, 4) is 0 Å². The Morgan fingerprint density at radius 1 is 1.57 bits per heavy atom. The summed E-state index contributed by atoms with van der Waals surface area (Å²) in [7, 11) is 0. The number of aliphatic hydroxyl groups excluding tert-OH is 1. The highest BCUT2D eigenvalue weighted by molar-refractivity contribution is 4.96. The molecule has 1 aliphatic carbocycles. The van der Waals surface area contributed by atoms with Crippen molar-refractivity contribution >= 4 is 0 Å². The van der Waals surface area contributed by atoms with Crippen LogP contribution in [0, 0.1) is 5.92 Å². The summed E-state index contributed by atoms with van der Waals surface area (Å²) in [5.41, 5.74) is -0.0416. The predicted molar refractivity (Wildman–Crippen MR) is 60.2 cm³/mol. The Morgan fingerprint density at radius 2 is 2.14 bits per heavy atom. The van der Waals surface area contributed by atoms with Crippen LogP contribution >= 0.6 is 0 Å². The van der Waals surface area contributed by atoms with Crippen LogP contribution in [0.25, 0.3) is 0 Å². The number of aliphatic hydroxyl groups is 1. The first-order valence-electron chi connectivity index (χ1n) is 5.63. The van der Waals surface area contributed by atoms with Crippen molar-refractivity contribution in [1.29, 1.82) is 0 Å². The summed E-state index contributed by atoms with van der Waals surface area (Å²) < 4.78 is 0. The molecule has 14 heavy (non-hydrogen) atoms. The number of nitrogens with one attached hydrogen (secondary N) is 1. The van der Waals surface area contributed by atoms with Gasteiger partial charge in [-0.25, -0.2) is 0 Å². The second kappa shape index (κ2) is 4.94. The van der Waals surface area contributed by atoms with E-state index in [9.17, 15) is 5.11 Å². The van der Waals surface area contributed by atoms with Crippen molar-refractivity contribution in [2.24, 2.45) is 5.92 Å². The summed E-state index contributed by atoms with van der Waals surface area (Å²) in [6.07, 6.45) is 6.51. The zero-order chi connectivity index (χ0) is 10.6. The van der Waals surface area contributed by atoms with Crippen molar-refractivity contribution in [2.75, 3.05) is 6.61 Å². The van der Waals surface area contributed by atoms with E-state index in [2.05, 4.69) is 25.7 Å². The van der Waals surface area contributed by atoms with Gasteiger partial charge in [-0.1, -0.05) is 13.0 Å². The smallest absolute Gasteiger partial charge is 0.0613 e. The van der Waals surface area contributed by atoms with Gasteiger partial charge >= 0.3 is 0 Å². The van der Waals surface area contributed by atoms with Crippen LogP contribution in [0.2, 0.25) is 0 Å². The lowest BCUT2D eigenvalue weighted by Gasteiger charge is -2.40. The van der Waals surface area contributed by atoms with Gasteiger partial charge in [0.25, 0.3) is 0 Å². The molecule has 1 fully saturated rings. The van der Waals surface area contributed by atoms with E-state index in [-0.39, 0.29) is 18.2 Å². The van der Waals surface area contributed by atoms with Gasteiger partial charge in [-0.3, -0.25) is 0 Å². The summed E-state index contributed by atoms with van der Waals surface area (Å²) in [4.78, 5) is 0. The van der Waals surface area contributed by atoms with Crippen molar-refractivity contribution in [3.05, 3.63) is 12.7 Å². The van der Waals surface area contributed by atoms with E-state index in [1.54, 1.807) is 0 Å². The van der Waals surface area contributed by atoms with Crippen LogP contribution in [0.5, 0.6) is 0 Å². The molecule has 0 bridgehead atoms. The fourth-order valence-corrected chi connectivity index (χ4v) is 2.20. The molecule has 1 atom stereocenters. The first kappa shape index (κ1) is 11.7. The Labute approximate surface area is 87.4 Å². The average Bonchev–Trinajstić information content (AvgIpc) is 2.22. The minimum absolute atomic E-state index is 0.0416. The van der Waals surface area contributed by atoms with Crippen LogP contribution in [0.15, 0.2) is 12.7 Å². The Balaban J connectivity index is 2.53. The zero-order valence-corrected chi connectivity index (χ0v) is 9.42. The molecular formula is C12H23NO. The quantitative estimate of drug-likeness (QED) is 0.676. The number of hydrogen-bond donors (Lipinski definition) is 2. The molecule has 2 N–H and O–H groups in total. The number of hydrogen-bond acceptors (Lipinski definition) is 2. The summed E-state index contributed by atoms with van der Waals surface area (Å²) >= 11 is 0. The van der Waals surface area contributed by atoms with Gasteiger partial charge in [-0.15, -0.1) is 6.58 Å². The van der Waals surface area contributed by atoms with Crippen LogP contribution < -0.4 is 5.32 Å². The molecule has 2 nitrogen and oxygen atoms in total. The average molecular weight is 197 g/mol. The SMILES string of the molecule is C=CC(C)NC1(CO)CCC(C)CC1. The van der Waals surface area contributed by atoms with E-state index in [4.69, 9.17) is 0 Å². The molecule has 1 aliphatic rings. The van der Waals surface area contributed by atoms with Crippen LogP contribution in [0.1, 0.15) is 39.5 Å². The van der Waals surface area contributed by atoms with Crippen molar-refractivity contribution in [3.63, 3.8) is 0 Å². The van der Waals surface area contributed by atoms with Gasteiger partial charge in [-0.05, 0) is 38.5 Å². The second-order valence-electron chi connectivity index (χ2n) is 4.79. The van der Waals surface area contributed by atoms with Crippen LogP contribution in [-0.4, -0.2) is 23.3 Å². The number of rotatable bonds is 4. The zero-order valence-electron chi connectivity index (χ0n) is 9.42. The van der Waals surface area contributed by atoms with E-state index >= 15 is 0 Å². The van der Waals surface area contributed by atoms with E-state index in [1.165, 1.54) is 12.8 Å². The Bertz CT molecular complexity index is 183. The van der Waals surface area contributed by atoms with Crippen molar-refractivity contribution in [2.45, 2.75) is 51.1 Å². The summed E-state index contributed by atoms with van der Waals surface area (Å²) in [6.45, 7) is 8.39. The minimum atomic E-state index is -0.0416. The normalized spacial score (nSPS) is 35.2. The fourth-order valence-electron chi connectivity index (χ4n) is 2.20. The molecule has 0 heterocycles. The molecule has 0 aromatic carbocycles. The summed E-state index contributed by atoms with van der Waals surface area (Å²) in [6, 6.07) is 0.288. The van der Waals surface area contributed by atoms with Crippen molar-refractivity contribution < 1.29 is 5.11 Å². The first-order chi connectivity index (χ1) is 6.62. The van der Waals surface area contributed by atoms with E-state index < -0.39 is 0 Å². The van der Waals surface area contributed by atoms with Gasteiger partial charge < -0.3 is 10.4 Å². The molecule has 0 aromatic rings. The molecular weight excluding hydrogens is 174 g/mol. The summed E-state index contributed by atoms with van der Waals surface area (Å²) in [5.74, 6) is 0.815. The summed E-state index contributed by atoms with van der Waals surface area (Å²) in [5, 5.41) is 13.0. The van der Waals surface area contributed by atoms with Crippen LogP contribution in [0.3, 0.4) is 0 Å². The topological polar surface area (TPSA) is 32.3 Å². The first-order valence-corrected chi connectivity index (χ1v) is 5.63.